The molecule has 3 atom stereocenters. The Kier molecular flexibility index (Phi) is 7.51. The van der Waals surface area contributed by atoms with Gasteiger partial charge in [0.2, 0.25) is 0 Å². The molecule has 2 aromatic heterocycles. The summed E-state index contributed by atoms with van der Waals surface area (Å²) in [5, 5.41) is 2.83. The number of anilines is 1. The first-order valence-corrected chi connectivity index (χ1v) is 11.1. The molecule has 0 spiro atoms. The highest BCUT2D eigenvalue weighted by Crippen LogP contribution is 2.20. The molecule has 1 aliphatic rings. The highest BCUT2D eigenvalue weighted by atomic mass is 16.6. The van der Waals surface area contributed by atoms with Crippen LogP contribution in [0.1, 0.15) is 64.5 Å². The fourth-order valence-electron chi connectivity index (χ4n) is 3.62. The fourth-order valence-corrected chi connectivity index (χ4v) is 3.62. The Morgan fingerprint density at radius 2 is 1.94 bits per heavy atom. The zero-order valence-electron chi connectivity index (χ0n) is 19.8. The van der Waals surface area contributed by atoms with E-state index >= 15 is 0 Å². The second-order valence-corrected chi connectivity index (χ2v) is 9.30. The standard InChI is InChI=1S/C25H34N4O3/c1-17-15-29(16-18(2)31-17)23-9-7-8-21(28-23)11-10-20-12-13-26-22(14-20)19(3)27-24(30)32-25(4,5)6/h7-14,17-19H,15-16H2,1-6H3,(H,27,30)/t17-,18+,19?. The van der Waals surface area contributed by atoms with Crippen LogP contribution in [0.2, 0.25) is 0 Å². The van der Waals surface area contributed by atoms with E-state index in [1.54, 1.807) is 6.20 Å². The summed E-state index contributed by atoms with van der Waals surface area (Å²) >= 11 is 0. The van der Waals surface area contributed by atoms with E-state index in [1.165, 1.54) is 0 Å². The summed E-state index contributed by atoms with van der Waals surface area (Å²) in [5.74, 6) is 0.958. The van der Waals surface area contributed by atoms with Crippen molar-refractivity contribution in [3.05, 3.63) is 53.5 Å². The molecule has 1 saturated heterocycles. The number of alkyl carbamates (subject to hydrolysis) is 1. The first-order valence-electron chi connectivity index (χ1n) is 11.1. The van der Waals surface area contributed by atoms with Crippen LogP contribution < -0.4 is 10.2 Å². The number of carbonyl (C=O) groups excluding carboxylic acids is 1. The highest BCUT2D eigenvalue weighted by molar-refractivity contribution is 5.70. The number of hydrogen-bond donors (Lipinski definition) is 1. The lowest BCUT2D eigenvalue weighted by atomic mass is 10.1. The lowest BCUT2D eigenvalue weighted by molar-refractivity contribution is -0.00546. The summed E-state index contributed by atoms with van der Waals surface area (Å²) in [4.78, 5) is 23.5. The van der Waals surface area contributed by atoms with E-state index < -0.39 is 11.7 Å². The molecular weight excluding hydrogens is 404 g/mol. The van der Waals surface area contributed by atoms with E-state index in [-0.39, 0.29) is 18.2 Å². The molecule has 3 rings (SSSR count). The third kappa shape index (κ3) is 7.05. The summed E-state index contributed by atoms with van der Waals surface area (Å²) in [6.07, 6.45) is 5.64. The van der Waals surface area contributed by atoms with Gasteiger partial charge >= 0.3 is 6.09 Å². The van der Waals surface area contributed by atoms with Gasteiger partial charge in [-0.15, -0.1) is 0 Å². The van der Waals surface area contributed by atoms with Crippen molar-refractivity contribution < 1.29 is 14.3 Å². The quantitative estimate of drug-likeness (QED) is 0.719. The second-order valence-electron chi connectivity index (χ2n) is 9.30. The van der Waals surface area contributed by atoms with Gasteiger partial charge in [-0.3, -0.25) is 4.98 Å². The van der Waals surface area contributed by atoms with Gasteiger partial charge in [0.05, 0.1) is 29.6 Å². The van der Waals surface area contributed by atoms with Crippen molar-refractivity contribution in [2.24, 2.45) is 0 Å². The Bertz CT molecular complexity index is 944. The summed E-state index contributed by atoms with van der Waals surface area (Å²) in [6.45, 7) is 13.2. The molecular formula is C25H34N4O3. The van der Waals surface area contributed by atoms with Gasteiger partial charge in [0.25, 0.3) is 0 Å². The van der Waals surface area contributed by atoms with Crippen molar-refractivity contribution in [1.29, 1.82) is 0 Å². The molecule has 172 valence electrons. The zero-order valence-corrected chi connectivity index (χ0v) is 19.8. The van der Waals surface area contributed by atoms with Crippen LogP contribution in [0.4, 0.5) is 10.6 Å². The summed E-state index contributed by atoms with van der Waals surface area (Å²) in [7, 11) is 0. The number of aromatic nitrogens is 2. The zero-order chi connectivity index (χ0) is 23.3. The van der Waals surface area contributed by atoms with Gasteiger partial charge in [-0.1, -0.05) is 12.1 Å². The largest absolute Gasteiger partial charge is 0.444 e. The number of carbonyl (C=O) groups is 1. The number of rotatable bonds is 5. The van der Waals surface area contributed by atoms with Crippen molar-refractivity contribution in [3.63, 3.8) is 0 Å². The van der Waals surface area contributed by atoms with Gasteiger partial charge in [0, 0.05) is 19.3 Å². The van der Waals surface area contributed by atoms with Crippen LogP contribution in [0.3, 0.4) is 0 Å². The van der Waals surface area contributed by atoms with Crippen molar-refractivity contribution in [2.45, 2.75) is 65.4 Å². The maximum absolute atomic E-state index is 12.0. The highest BCUT2D eigenvalue weighted by Gasteiger charge is 2.23. The number of pyridine rings is 2. The molecule has 0 bridgehead atoms. The lowest BCUT2D eigenvalue weighted by Gasteiger charge is -2.36. The number of hydrogen-bond acceptors (Lipinski definition) is 6. The SMILES string of the molecule is CC(NC(=O)OC(C)(C)C)c1cc(C=Cc2cccc(N3C[C@@H](C)O[C@@H](C)C3)n2)ccn1. The molecule has 1 N–H and O–H groups in total. The first-order chi connectivity index (χ1) is 15.1. The molecule has 0 saturated carbocycles. The molecule has 7 heteroatoms. The van der Waals surface area contributed by atoms with Crippen LogP contribution >= 0.6 is 0 Å². The van der Waals surface area contributed by atoms with Crippen LogP contribution in [0.25, 0.3) is 12.2 Å². The molecule has 1 unspecified atom stereocenters. The van der Waals surface area contributed by atoms with Gasteiger partial charge in [0.15, 0.2) is 0 Å². The van der Waals surface area contributed by atoms with Crippen LogP contribution in [0.5, 0.6) is 0 Å². The Balaban J connectivity index is 1.68. The van der Waals surface area contributed by atoms with Gasteiger partial charge in [-0.2, -0.15) is 0 Å². The molecule has 1 amide bonds. The maximum Gasteiger partial charge on any atom is 0.408 e. The second kappa shape index (κ2) is 10.1. The third-order valence-electron chi connectivity index (χ3n) is 4.93. The van der Waals surface area contributed by atoms with Gasteiger partial charge in [-0.05, 0) is 77.4 Å². The number of ether oxygens (including phenoxy) is 2. The van der Waals surface area contributed by atoms with Crippen LogP contribution in [-0.4, -0.2) is 47.0 Å². The number of nitrogens with one attached hydrogen (secondary N) is 1. The lowest BCUT2D eigenvalue weighted by Crippen LogP contribution is -2.45. The van der Waals surface area contributed by atoms with Crippen molar-refractivity contribution in [2.75, 3.05) is 18.0 Å². The predicted octanol–water partition coefficient (Wildman–Crippen LogP) is 4.85. The molecule has 32 heavy (non-hydrogen) atoms. The maximum atomic E-state index is 12.0. The molecule has 2 aromatic rings. The van der Waals surface area contributed by atoms with E-state index in [1.807, 2.05) is 70.2 Å². The summed E-state index contributed by atoms with van der Waals surface area (Å²) < 4.78 is 11.2. The summed E-state index contributed by atoms with van der Waals surface area (Å²) in [6, 6.07) is 9.66. The fraction of sp³-hybridized carbons (Fsp3) is 0.480. The topological polar surface area (TPSA) is 76.6 Å². The number of morpholine rings is 1. The summed E-state index contributed by atoms with van der Waals surface area (Å²) in [5.41, 5.74) is 2.08. The van der Waals surface area contributed by atoms with E-state index in [4.69, 9.17) is 14.5 Å². The Hall–Kier alpha value is -2.93. The van der Waals surface area contributed by atoms with Crippen molar-refractivity contribution >= 4 is 24.1 Å². The number of amides is 1. The minimum atomic E-state index is -0.541. The average molecular weight is 439 g/mol. The monoisotopic (exact) mass is 438 g/mol. The normalized spacial score (nSPS) is 20.2. The minimum Gasteiger partial charge on any atom is -0.444 e. The van der Waals surface area contributed by atoms with Crippen LogP contribution in [0, 0.1) is 0 Å². The van der Waals surface area contributed by atoms with Gasteiger partial charge in [0.1, 0.15) is 11.4 Å². The third-order valence-corrected chi connectivity index (χ3v) is 4.93. The van der Waals surface area contributed by atoms with Gasteiger partial charge in [-0.25, -0.2) is 9.78 Å². The van der Waals surface area contributed by atoms with Gasteiger partial charge < -0.3 is 19.7 Å². The van der Waals surface area contributed by atoms with Crippen LogP contribution in [0.15, 0.2) is 36.5 Å². The predicted molar refractivity (Wildman–Crippen MR) is 127 cm³/mol. The van der Waals surface area contributed by atoms with Crippen molar-refractivity contribution in [1.82, 2.24) is 15.3 Å². The number of nitrogens with zero attached hydrogens (tertiary/aromatic N) is 3. The first kappa shape index (κ1) is 23.7. The molecule has 1 fully saturated rings. The molecule has 7 nitrogen and oxygen atoms in total. The van der Waals surface area contributed by atoms with Crippen LogP contribution in [-0.2, 0) is 9.47 Å². The van der Waals surface area contributed by atoms with Crippen molar-refractivity contribution in [3.8, 4) is 0 Å². The van der Waals surface area contributed by atoms with E-state index in [2.05, 4.69) is 29.0 Å². The molecule has 0 aromatic carbocycles. The molecule has 0 aliphatic carbocycles. The van der Waals surface area contributed by atoms with E-state index in [0.29, 0.717) is 0 Å². The molecule has 0 radical (unpaired) electrons. The van der Waals surface area contributed by atoms with E-state index in [9.17, 15) is 4.79 Å². The Labute approximate surface area is 190 Å². The Morgan fingerprint density at radius 3 is 2.62 bits per heavy atom. The van der Waals surface area contributed by atoms with E-state index in [0.717, 1.165) is 35.9 Å². The molecule has 3 heterocycles. The smallest absolute Gasteiger partial charge is 0.408 e. The Morgan fingerprint density at radius 1 is 1.22 bits per heavy atom. The molecule has 1 aliphatic heterocycles. The average Bonchev–Trinajstić information content (AvgIpc) is 2.70. The minimum absolute atomic E-state index is 0.186.